The number of nitrogens with one attached hydrogen (secondary N) is 1. The summed E-state index contributed by atoms with van der Waals surface area (Å²) in [6.45, 7) is 11.2. The molecule has 0 saturated carbocycles. The van der Waals surface area contributed by atoms with E-state index in [1.165, 1.54) is 6.20 Å². The van der Waals surface area contributed by atoms with Crippen molar-refractivity contribution in [2.75, 3.05) is 25.6 Å². The Morgan fingerprint density at radius 2 is 1.72 bits per heavy atom. The van der Waals surface area contributed by atoms with Crippen molar-refractivity contribution in [3.8, 4) is 5.75 Å². The zero-order valence-electron chi connectivity index (χ0n) is 22.0. The number of halogens is 1. The molecule has 36 heavy (non-hydrogen) atoms. The van der Waals surface area contributed by atoms with Gasteiger partial charge in [0.1, 0.15) is 24.0 Å². The first-order valence-corrected chi connectivity index (χ1v) is 12.1. The molecule has 0 fully saturated rings. The van der Waals surface area contributed by atoms with Crippen molar-refractivity contribution in [3.05, 3.63) is 77.5 Å². The molecule has 0 amide bonds. The third-order valence-electron chi connectivity index (χ3n) is 6.76. The average Bonchev–Trinajstić information content (AvgIpc) is 2.82. The van der Waals surface area contributed by atoms with E-state index in [1.54, 1.807) is 7.11 Å². The van der Waals surface area contributed by atoms with E-state index in [-0.39, 0.29) is 17.0 Å². The number of aromatic nitrogens is 2. The second-order valence-corrected chi connectivity index (χ2v) is 10.4. The van der Waals surface area contributed by atoms with E-state index < -0.39 is 11.2 Å². The minimum atomic E-state index is -0.545. The highest BCUT2D eigenvalue weighted by molar-refractivity contribution is 5.87. The summed E-state index contributed by atoms with van der Waals surface area (Å²) in [7, 11) is 1.63. The summed E-state index contributed by atoms with van der Waals surface area (Å²) in [6.07, 6.45) is 1.93. The van der Waals surface area contributed by atoms with E-state index in [2.05, 4.69) is 36.1 Å². The largest absolute Gasteiger partial charge is 0.491 e. The second-order valence-electron chi connectivity index (χ2n) is 10.4. The van der Waals surface area contributed by atoms with E-state index in [4.69, 9.17) is 9.47 Å². The Kier molecular flexibility index (Phi) is 8.79. The van der Waals surface area contributed by atoms with Crippen LogP contribution in [0.4, 0.5) is 15.9 Å². The Hall–Kier alpha value is -3.32. The van der Waals surface area contributed by atoms with Gasteiger partial charge < -0.3 is 14.8 Å². The summed E-state index contributed by atoms with van der Waals surface area (Å²) >= 11 is 0. The number of ketones is 1. The molecule has 1 N–H and O–H groups in total. The first-order chi connectivity index (χ1) is 17.0. The van der Waals surface area contributed by atoms with Crippen LogP contribution in [0.25, 0.3) is 0 Å². The highest BCUT2D eigenvalue weighted by Crippen LogP contribution is 2.39. The zero-order valence-corrected chi connectivity index (χ0v) is 22.0. The maximum absolute atomic E-state index is 14.5. The molecule has 3 aromatic rings. The van der Waals surface area contributed by atoms with Gasteiger partial charge in [0.15, 0.2) is 11.6 Å². The van der Waals surface area contributed by atoms with Gasteiger partial charge in [0.05, 0.1) is 12.8 Å². The maximum Gasteiger partial charge on any atom is 0.184 e. The Balaban J connectivity index is 1.69. The Labute approximate surface area is 213 Å². The van der Waals surface area contributed by atoms with E-state index in [9.17, 15) is 9.18 Å². The molecule has 0 aliphatic rings. The molecule has 0 bridgehead atoms. The van der Waals surface area contributed by atoms with Crippen LogP contribution in [-0.2, 0) is 22.4 Å². The number of methoxy groups -OCH3 is 1. The summed E-state index contributed by atoms with van der Waals surface area (Å²) in [5.41, 5.74) is 1.88. The molecule has 2 aromatic carbocycles. The lowest BCUT2D eigenvalue weighted by atomic mass is 9.66. The molecule has 7 heteroatoms. The molecular formula is C29H36FN3O3. The first-order valence-electron chi connectivity index (χ1n) is 12.1. The van der Waals surface area contributed by atoms with Gasteiger partial charge in [-0.3, -0.25) is 4.79 Å². The summed E-state index contributed by atoms with van der Waals surface area (Å²) in [4.78, 5) is 21.5. The molecule has 192 valence electrons. The lowest BCUT2D eigenvalue weighted by Gasteiger charge is -2.37. The number of hydrogen-bond acceptors (Lipinski definition) is 6. The van der Waals surface area contributed by atoms with Gasteiger partial charge in [0, 0.05) is 31.1 Å². The van der Waals surface area contributed by atoms with Gasteiger partial charge in [-0.05, 0) is 40.8 Å². The van der Waals surface area contributed by atoms with Crippen molar-refractivity contribution in [1.29, 1.82) is 0 Å². The van der Waals surface area contributed by atoms with Crippen molar-refractivity contribution < 1.29 is 18.7 Å². The number of nitrogens with zero attached hydrogens (tertiary/aromatic N) is 2. The predicted octanol–water partition coefficient (Wildman–Crippen LogP) is 6.16. The number of Topliss-reactive ketones (excluding diaryl/α,β-unsaturated/α-hetero) is 1. The number of carbonyl (C=O) groups is 1. The van der Waals surface area contributed by atoms with Crippen LogP contribution in [-0.4, -0.2) is 36.1 Å². The Morgan fingerprint density at radius 3 is 2.39 bits per heavy atom. The quantitative estimate of drug-likeness (QED) is 0.323. The average molecular weight is 494 g/mol. The lowest BCUT2D eigenvalue weighted by Crippen LogP contribution is -2.38. The number of hydrogen-bond donors (Lipinski definition) is 1. The van der Waals surface area contributed by atoms with Crippen LogP contribution in [0.2, 0.25) is 0 Å². The molecule has 0 aliphatic carbocycles. The summed E-state index contributed by atoms with van der Waals surface area (Å²) in [6, 6.07) is 15.1. The van der Waals surface area contributed by atoms with Gasteiger partial charge in [-0.15, -0.1) is 0 Å². The van der Waals surface area contributed by atoms with Crippen molar-refractivity contribution in [2.45, 2.75) is 47.5 Å². The third-order valence-corrected chi connectivity index (χ3v) is 6.76. The van der Waals surface area contributed by atoms with Gasteiger partial charge in [-0.25, -0.2) is 14.4 Å². The topological polar surface area (TPSA) is 73.3 Å². The monoisotopic (exact) mass is 493 g/mol. The third kappa shape index (κ3) is 7.10. The highest BCUT2D eigenvalue weighted by atomic mass is 19.1. The van der Waals surface area contributed by atoms with Crippen LogP contribution in [0.1, 0.15) is 51.6 Å². The standard InChI is InChI=1S/C29H36FN3O3/c1-28(2,3)29(4,5)25(34)17-21-8-7-9-22(16-21)32-27-24(30)19-31-26(33-27)18-20-10-12-23(13-11-20)36-15-14-35-6/h7-13,16,19H,14-15,17-18H2,1-6H3,(H,31,32,33). The molecule has 0 unspecified atom stereocenters. The lowest BCUT2D eigenvalue weighted by molar-refractivity contribution is -0.131. The minimum absolute atomic E-state index is 0.0954. The smallest absolute Gasteiger partial charge is 0.184 e. The molecule has 0 aliphatic heterocycles. The fourth-order valence-electron chi connectivity index (χ4n) is 3.43. The molecule has 0 saturated heterocycles. The molecule has 1 heterocycles. The van der Waals surface area contributed by atoms with Gasteiger partial charge in [0.2, 0.25) is 0 Å². The zero-order chi connectivity index (χ0) is 26.3. The maximum atomic E-state index is 14.5. The van der Waals surface area contributed by atoms with Gasteiger partial charge in [-0.2, -0.15) is 0 Å². The Bertz CT molecular complexity index is 1170. The minimum Gasteiger partial charge on any atom is -0.491 e. The highest BCUT2D eigenvalue weighted by Gasteiger charge is 2.38. The SMILES string of the molecule is COCCOc1ccc(Cc2ncc(F)c(Nc3cccc(CC(=O)C(C)(C)C(C)(C)C)c3)n2)cc1. The Morgan fingerprint density at radius 1 is 1.00 bits per heavy atom. The number of anilines is 2. The molecule has 0 spiro atoms. The first kappa shape index (κ1) is 27.3. The number of carbonyl (C=O) groups excluding carboxylic acids is 1. The molecule has 0 atom stereocenters. The van der Waals surface area contributed by atoms with Crippen LogP contribution in [0.5, 0.6) is 5.75 Å². The molecular weight excluding hydrogens is 457 g/mol. The van der Waals surface area contributed by atoms with Crippen LogP contribution < -0.4 is 10.1 Å². The summed E-state index contributed by atoms with van der Waals surface area (Å²) < 4.78 is 25.1. The summed E-state index contributed by atoms with van der Waals surface area (Å²) in [5, 5.41) is 3.05. The number of benzene rings is 2. The molecule has 1 aromatic heterocycles. The van der Waals surface area contributed by atoms with Crippen molar-refractivity contribution in [1.82, 2.24) is 9.97 Å². The van der Waals surface area contributed by atoms with E-state index in [0.29, 0.717) is 37.6 Å². The number of ether oxygens (including phenoxy) is 2. The molecule has 0 radical (unpaired) electrons. The summed E-state index contributed by atoms with van der Waals surface area (Å²) in [5.74, 6) is 0.958. The van der Waals surface area contributed by atoms with E-state index in [1.807, 2.05) is 62.4 Å². The van der Waals surface area contributed by atoms with Crippen molar-refractivity contribution in [2.24, 2.45) is 10.8 Å². The van der Waals surface area contributed by atoms with Crippen LogP contribution in [0.3, 0.4) is 0 Å². The fraction of sp³-hybridized carbons (Fsp3) is 0.414. The van der Waals surface area contributed by atoms with Crippen LogP contribution in [0, 0.1) is 16.6 Å². The van der Waals surface area contributed by atoms with Crippen LogP contribution >= 0.6 is 0 Å². The van der Waals surface area contributed by atoms with E-state index >= 15 is 0 Å². The van der Waals surface area contributed by atoms with Crippen molar-refractivity contribution in [3.63, 3.8) is 0 Å². The fourth-order valence-corrected chi connectivity index (χ4v) is 3.43. The normalized spacial score (nSPS) is 11.9. The predicted molar refractivity (Wildman–Crippen MR) is 140 cm³/mol. The van der Waals surface area contributed by atoms with E-state index in [0.717, 1.165) is 16.9 Å². The van der Waals surface area contributed by atoms with Gasteiger partial charge >= 0.3 is 0 Å². The second kappa shape index (κ2) is 11.6. The van der Waals surface area contributed by atoms with Gasteiger partial charge in [0.25, 0.3) is 0 Å². The number of rotatable bonds is 11. The van der Waals surface area contributed by atoms with Crippen molar-refractivity contribution >= 4 is 17.3 Å². The molecule has 3 rings (SSSR count). The van der Waals surface area contributed by atoms with Crippen LogP contribution in [0.15, 0.2) is 54.7 Å². The molecule has 6 nitrogen and oxygen atoms in total. The van der Waals surface area contributed by atoms with Gasteiger partial charge in [-0.1, -0.05) is 58.9 Å².